The second-order valence-corrected chi connectivity index (χ2v) is 7.40. The number of rotatable bonds is 2. The van der Waals surface area contributed by atoms with Crippen molar-refractivity contribution in [3.63, 3.8) is 0 Å². The normalized spacial score (nSPS) is 14.5. The van der Waals surface area contributed by atoms with Gasteiger partial charge in [-0.15, -0.1) is 0 Å². The maximum Gasteiger partial charge on any atom is 0.211 e. The molecule has 1 atom stereocenters. The van der Waals surface area contributed by atoms with Crippen molar-refractivity contribution in [3.05, 3.63) is 70.3 Å². The number of aromatic nitrogens is 1. The van der Waals surface area contributed by atoms with Crippen molar-refractivity contribution in [3.8, 4) is 23.4 Å². The van der Waals surface area contributed by atoms with E-state index in [0.29, 0.717) is 11.4 Å². The van der Waals surface area contributed by atoms with Gasteiger partial charge in [0.1, 0.15) is 29.3 Å². The average Bonchev–Trinajstić information content (AvgIpc) is 2.73. The number of fused-ring (bicyclic) bond motifs is 1. The number of nitrogens with zero attached hydrogens (tertiary/aromatic N) is 4. The van der Waals surface area contributed by atoms with Crippen LogP contribution in [-0.2, 0) is 0 Å². The van der Waals surface area contributed by atoms with Crippen LogP contribution < -0.4 is 22.1 Å². The largest absolute Gasteiger partial charge is 0.397 e. The average molecular weight is 408 g/mol. The number of aliphatic imine (C=N–C) groups is 1. The van der Waals surface area contributed by atoms with Crippen LogP contribution in [0.3, 0.4) is 0 Å². The molecule has 8 nitrogen and oxygen atoms in total. The van der Waals surface area contributed by atoms with Gasteiger partial charge in [-0.25, -0.2) is 9.98 Å². The van der Waals surface area contributed by atoms with Crippen molar-refractivity contribution < 1.29 is 0 Å². The van der Waals surface area contributed by atoms with Crippen molar-refractivity contribution in [2.45, 2.75) is 19.9 Å². The van der Waals surface area contributed by atoms with Gasteiger partial charge in [-0.2, -0.15) is 10.5 Å². The van der Waals surface area contributed by atoms with Crippen LogP contribution in [0.25, 0.3) is 11.1 Å². The molecule has 152 valence electrons. The molecule has 31 heavy (non-hydrogen) atoms. The van der Waals surface area contributed by atoms with E-state index in [0.717, 1.165) is 16.7 Å². The second kappa shape index (κ2) is 7.69. The standard InChI is InChI=1S/C23H20N8/c1-12-6-13(2)8-16(7-12)14-4-3-5-15(9-14)20-18-19(26)17(10-24)21(27)30-22(18)31-23(29-20)28-11-25/h3-9,20H,1-2H3,(H6,26,27,28,29,30,31). The molecule has 2 heterocycles. The highest BCUT2D eigenvalue weighted by Crippen LogP contribution is 2.41. The first-order valence-electron chi connectivity index (χ1n) is 9.58. The molecular weight excluding hydrogens is 388 g/mol. The Morgan fingerprint density at radius 1 is 1.03 bits per heavy atom. The molecule has 1 aliphatic rings. The summed E-state index contributed by atoms with van der Waals surface area (Å²) in [5, 5.41) is 24.0. The lowest BCUT2D eigenvalue weighted by Gasteiger charge is -2.26. The van der Waals surface area contributed by atoms with Gasteiger partial charge in [0.15, 0.2) is 6.19 Å². The van der Waals surface area contributed by atoms with Gasteiger partial charge < -0.3 is 16.8 Å². The minimum atomic E-state index is -0.571. The van der Waals surface area contributed by atoms with Crippen LogP contribution in [0.4, 0.5) is 17.3 Å². The molecule has 0 fully saturated rings. The number of hydrogen-bond donors (Lipinski definition) is 4. The summed E-state index contributed by atoms with van der Waals surface area (Å²) >= 11 is 0. The summed E-state index contributed by atoms with van der Waals surface area (Å²) in [5.74, 6) is 0.614. The van der Waals surface area contributed by atoms with E-state index in [1.54, 1.807) is 0 Å². The number of hydrogen-bond acceptors (Lipinski definition) is 8. The molecule has 3 aromatic rings. The summed E-state index contributed by atoms with van der Waals surface area (Å²) in [6.45, 7) is 4.13. The third-order valence-electron chi connectivity index (χ3n) is 5.11. The van der Waals surface area contributed by atoms with Crippen LogP contribution in [0.1, 0.15) is 33.9 Å². The molecule has 0 amide bonds. The third-order valence-corrected chi connectivity index (χ3v) is 5.11. The van der Waals surface area contributed by atoms with Crippen molar-refractivity contribution in [1.29, 1.82) is 10.5 Å². The summed E-state index contributed by atoms with van der Waals surface area (Å²) in [4.78, 5) is 8.91. The first-order valence-corrected chi connectivity index (χ1v) is 9.58. The summed E-state index contributed by atoms with van der Waals surface area (Å²) in [6, 6.07) is 15.8. The van der Waals surface area contributed by atoms with Crippen molar-refractivity contribution >= 4 is 23.3 Å². The third kappa shape index (κ3) is 3.59. The fourth-order valence-corrected chi connectivity index (χ4v) is 3.85. The number of nitriles is 2. The monoisotopic (exact) mass is 408 g/mol. The van der Waals surface area contributed by atoms with Crippen LogP contribution in [0.15, 0.2) is 47.5 Å². The minimum absolute atomic E-state index is 0.0206. The second-order valence-electron chi connectivity index (χ2n) is 7.40. The number of pyridine rings is 1. The number of nitrogens with one attached hydrogen (secondary N) is 2. The van der Waals surface area contributed by atoms with E-state index in [1.807, 2.05) is 36.5 Å². The quantitative estimate of drug-likeness (QED) is 0.375. The summed E-state index contributed by atoms with van der Waals surface area (Å²) in [5.41, 5.74) is 18.4. The number of nitrogen functional groups attached to an aromatic ring is 2. The molecule has 0 bridgehead atoms. The molecule has 0 saturated carbocycles. The molecule has 2 aromatic carbocycles. The lowest BCUT2D eigenvalue weighted by Crippen LogP contribution is -2.32. The Kier molecular flexibility index (Phi) is 4.90. The zero-order valence-corrected chi connectivity index (χ0v) is 17.1. The molecule has 0 spiro atoms. The van der Waals surface area contributed by atoms with Crippen LogP contribution in [-0.4, -0.2) is 10.9 Å². The predicted molar refractivity (Wildman–Crippen MR) is 121 cm³/mol. The van der Waals surface area contributed by atoms with Gasteiger partial charge >= 0.3 is 0 Å². The van der Waals surface area contributed by atoms with Gasteiger partial charge in [0, 0.05) is 5.56 Å². The SMILES string of the molecule is Cc1cc(C)cc(-c2cccc(C3N=C(NC#N)Nc4nc(N)c(C#N)c(N)c43)c2)c1. The van der Waals surface area contributed by atoms with Crippen molar-refractivity contribution in [2.24, 2.45) is 4.99 Å². The molecule has 0 radical (unpaired) electrons. The van der Waals surface area contributed by atoms with Crippen molar-refractivity contribution in [1.82, 2.24) is 10.3 Å². The Balaban J connectivity index is 1.90. The maximum atomic E-state index is 9.48. The molecule has 1 aromatic heterocycles. The Labute approximate surface area is 179 Å². The van der Waals surface area contributed by atoms with Crippen LogP contribution >= 0.6 is 0 Å². The number of nitrogens with two attached hydrogens (primary N) is 2. The number of benzene rings is 2. The number of aryl methyl sites for hydroxylation is 2. The zero-order valence-electron chi connectivity index (χ0n) is 17.1. The van der Waals surface area contributed by atoms with Gasteiger partial charge in [-0.05, 0) is 36.6 Å². The van der Waals surface area contributed by atoms with E-state index in [9.17, 15) is 5.26 Å². The smallest absolute Gasteiger partial charge is 0.211 e. The summed E-state index contributed by atoms with van der Waals surface area (Å²) in [7, 11) is 0. The Morgan fingerprint density at radius 3 is 2.45 bits per heavy atom. The van der Waals surface area contributed by atoms with Crippen LogP contribution in [0, 0.1) is 36.6 Å². The van der Waals surface area contributed by atoms with E-state index in [2.05, 4.69) is 52.7 Å². The zero-order chi connectivity index (χ0) is 22.1. The lowest BCUT2D eigenvalue weighted by molar-refractivity contribution is 0.847. The van der Waals surface area contributed by atoms with Crippen LogP contribution in [0.2, 0.25) is 0 Å². The Bertz CT molecular complexity index is 1290. The van der Waals surface area contributed by atoms with E-state index in [4.69, 9.17) is 16.7 Å². The van der Waals surface area contributed by atoms with Gasteiger partial charge in [-0.1, -0.05) is 47.5 Å². The molecule has 1 aliphatic heterocycles. The summed E-state index contributed by atoms with van der Waals surface area (Å²) in [6.07, 6.45) is 1.86. The van der Waals surface area contributed by atoms with E-state index >= 15 is 0 Å². The number of anilines is 3. The minimum Gasteiger partial charge on any atom is -0.397 e. The predicted octanol–water partition coefficient (Wildman–Crippen LogP) is 3.34. The van der Waals surface area contributed by atoms with Crippen LogP contribution in [0.5, 0.6) is 0 Å². The first-order chi connectivity index (χ1) is 14.9. The molecule has 0 saturated heterocycles. The highest BCUT2D eigenvalue weighted by Gasteiger charge is 2.29. The molecule has 0 aliphatic carbocycles. The maximum absolute atomic E-state index is 9.48. The lowest BCUT2D eigenvalue weighted by atomic mass is 9.92. The van der Waals surface area contributed by atoms with Gasteiger partial charge in [0.05, 0.1) is 5.69 Å². The first kappa shape index (κ1) is 19.7. The van der Waals surface area contributed by atoms with Crippen molar-refractivity contribution in [2.75, 3.05) is 16.8 Å². The highest BCUT2D eigenvalue weighted by atomic mass is 15.2. The molecule has 1 unspecified atom stereocenters. The molecule has 8 heteroatoms. The fourth-order valence-electron chi connectivity index (χ4n) is 3.85. The molecule has 6 N–H and O–H groups in total. The Hall–Kier alpha value is -4.56. The Morgan fingerprint density at radius 2 is 1.77 bits per heavy atom. The van der Waals surface area contributed by atoms with Gasteiger partial charge in [-0.3, -0.25) is 5.32 Å². The molecular formula is C23H20N8. The van der Waals surface area contributed by atoms with Gasteiger partial charge in [0.25, 0.3) is 0 Å². The number of guanidine groups is 1. The fraction of sp³-hybridized carbons (Fsp3) is 0.130. The topological polar surface area (TPSA) is 149 Å². The van der Waals surface area contributed by atoms with E-state index < -0.39 is 6.04 Å². The molecule has 4 rings (SSSR count). The summed E-state index contributed by atoms with van der Waals surface area (Å²) < 4.78 is 0. The highest BCUT2D eigenvalue weighted by molar-refractivity contribution is 5.98. The van der Waals surface area contributed by atoms with E-state index in [-0.39, 0.29) is 23.0 Å². The van der Waals surface area contributed by atoms with E-state index in [1.165, 1.54) is 11.1 Å². The van der Waals surface area contributed by atoms with Gasteiger partial charge in [0.2, 0.25) is 5.96 Å².